The highest BCUT2D eigenvalue weighted by atomic mass is 32.2. The summed E-state index contributed by atoms with van der Waals surface area (Å²) in [6.07, 6.45) is 0. The minimum absolute atomic E-state index is 0.122. The predicted octanol–water partition coefficient (Wildman–Crippen LogP) is 1.81. The highest BCUT2D eigenvalue weighted by molar-refractivity contribution is 7.99. The third-order valence-corrected chi connectivity index (χ3v) is 5.03. The number of hydrogen-bond acceptors (Lipinski definition) is 4. The summed E-state index contributed by atoms with van der Waals surface area (Å²) in [4.78, 5) is 24.7. The van der Waals surface area contributed by atoms with Gasteiger partial charge in [-0.1, -0.05) is 41.5 Å². The summed E-state index contributed by atoms with van der Waals surface area (Å²) >= 11 is 1.40. The van der Waals surface area contributed by atoms with Crippen molar-refractivity contribution >= 4 is 11.8 Å². The molecule has 1 aliphatic rings. The fourth-order valence-corrected chi connectivity index (χ4v) is 3.93. The average Bonchev–Trinajstić information content (AvgIpc) is 2.83. The highest BCUT2D eigenvalue weighted by Crippen LogP contribution is 2.36. The fourth-order valence-electron chi connectivity index (χ4n) is 2.69. The van der Waals surface area contributed by atoms with Crippen LogP contribution in [0.4, 0.5) is 0 Å². The standard InChI is InChI=1S/C15H16N2O3S/c1-9-4-3-5-11(6-9)7-16-12-10(2)8-21-13(12)14(18)17(20)15(16)19/h3-6,10,20H,7-8H2,1-2H3. The molecule has 1 aromatic heterocycles. The Hall–Kier alpha value is -1.95. The smallest absolute Gasteiger partial charge is 0.365 e. The Morgan fingerprint density at radius 2 is 2.14 bits per heavy atom. The van der Waals surface area contributed by atoms with Gasteiger partial charge in [0.1, 0.15) is 0 Å². The Morgan fingerprint density at radius 3 is 2.86 bits per heavy atom. The summed E-state index contributed by atoms with van der Waals surface area (Å²) < 4.78 is 1.73. The minimum atomic E-state index is -0.672. The first-order valence-corrected chi connectivity index (χ1v) is 7.75. The lowest BCUT2D eigenvalue weighted by Gasteiger charge is -2.15. The third kappa shape index (κ3) is 2.29. The maximum absolute atomic E-state index is 12.3. The van der Waals surface area contributed by atoms with Crippen molar-refractivity contribution in [1.82, 2.24) is 9.30 Å². The second-order valence-electron chi connectivity index (χ2n) is 5.40. The first kappa shape index (κ1) is 14.0. The second-order valence-corrected chi connectivity index (χ2v) is 6.43. The Morgan fingerprint density at radius 1 is 1.38 bits per heavy atom. The average molecular weight is 304 g/mol. The van der Waals surface area contributed by atoms with E-state index in [1.165, 1.54) is 16.3 Å². The van der Waals surface area contributed by atoms with Crippen LogP contribution in [-0.4, -0.2) is 20.3 Å². The molecule has 0 fully saturated rings. The van der Waals surface area contributed by atoms with E-state index in [2.05, 4.69) is 0 Å². The molecule has 0 amide bonds. The van der Waals surface area contributed by atoms with E-state index in [-0.39, 0.29) is 10.6 Å². The molecular formula is C15H16N2O3S. The van der Waals surface area contributed by atoms with Gasteiger partial charge in [0.2, 0.25) is 0 Å². The lowest BCUT2D eigenvalue weighted by atomic mass is 10.1. The zero-order valence-electron chi connectivity index (χ0n) is 11.9. The molecule has 3 rings (SSSR count). The van der Waals surface area contributed by atoms with E-state index in [9.17, 15) is 14.8 Å². The van der Waals surface area contributed by atoms with Crippen molar-refractivity contribution in [1.29, 1.82) is 0 Å². The summed E-state index contributed by atoms with van der Waals surface area (Å²) in [5.41, 5.74) is 1.54. The van der Waals surface area contributed by atoms with Gasteiger partial charge in [-0.2, -0.15) is 0 Å². The molecule has 110 valence electrons. The monoisotopic (exact) mass is 304 g/mol. The van der Waals surface area contributed by atoms with E-state index in [0.717, 1.165) is 22.6 Å². The molecule has 0 bridgehead atoms. The van der Waals surface area contributed by atoms with Gasteiger partial charge in [0, 0.05) is 17.4 Å². The van der Waals surface area contributed by atoms with Crippen LogP contribution in [0, 0.1) is 6.92 Å². The molecule has 2 heterocycles. The fraction of sp³-hybridized carbons (Fsp3) is 0.333. The molecule has 21 heavy (non-hydrogen) atoms. The van der Waals surface area contributed by atoms with Crippen LogP contribution in [0.2, 0.25) is 0 Å². The molecule has 1 atom stereocenters. The van der Waals surface area contributed by atoms with Crippen molar-refractivity contribution in [2.75, 3.05) is 5.75 Å². The van der Waals surface area contributed by atoms with Crippen molar-refractivity contribution in [2.45, 2.75) is 31.2 Å². The number of aryl methyl sites for hydroxylation is 1. The van der Waals surface area contributed by atoms with E-state index in [1.54, 1.807) is 0 Å². The Bertz CT molecular complexity index is 823. The van der Waals surface area contributed by atoms with Gasteiger partial charge in [0.25, 0.3) is 0 Å². The van der Waals surface area contributed by atoms with E-state index in [4.69, 9.17) is 0 Å². The van der Waals surface area contributed by atoms with Crippen molar-refractivity contribution in [3.63, 3.8) is 0 Å². The Kier molecular flexibility index (Phi) is 3.41. The summed E-state index contributed by atoms with van der Waals surface area (Å²) in [5.74, 6) is 0.874. The van der Waals surface area contributed by atoms with E-state index in [1.807, 2.05) is 38.1 Å². The van der Waals surface area contributed by atoms with Gasteiger partial charge in [-0.25, -0.2) is 4.79 Å². The molecule has 6 heteroatoms. The van der Waals surface area contributed by atoms with Gasteiger partial charge in [-0.3, -0.25) is 9.36 Å². The molecular weight excluding hydrogens is 288 g/mol. The highest BCUT2D eigenvalue weighted by Gasteiger charge is 2.29. The number of benzene rings is 1. The zero-order valence-corrected chi connectivity index (χ0v) is 12.7. The number of fused-ring (bicyclic) bond motifs is 1. The first-order chi connectivity index (χ1) is 9.99. The molecule has 1 unspecified atom stereocenters. The van der Waals surface area contributed by atoms with Gasteiger partial charge in [-0.05, 0) is 12.5 Å². The molecule has 0 spiro atoms. The summed E-state index contributed by atoms with van der Waals surface area (Å²) in [5, 5.41) is 9.73. The van der Waals surface area contributed by atoms with E-state index < -0.39 is 11.2 Å². The van der Waals surface area contributed by atoms with Crippen molar-refractivity contribution in [3.05, 3.63) is 61.9 Å². The number of nitrogens with zero attached hydrogens (tertiary/aromatic N) is 2. The largest absolute Gasteiger partial charge is 0.421 e. The van der Waals surface area contributed by atoms with Crippen LogP contribution in [0.25, 0.3) is 0 Å². The summed E-state index contributed by atoms with van der Waals surface area (Å²) in [7, 11) is 0. The molecule has 1 N–H and O–H groups in total. The molecule has 0 saturated carbocycles. The number of rotatable bonds is 2. The van der Waals surface area contributed by atoms with Crippen LogP contribution in [0.5, 0.6) is 0 Å². The molecule has 1 aromatic carbocycles. The van der Waals surface area contributed by atoms with Crippen LogP contribution >= 0.6 is 11.8 Å². The quantitative estimate of drug-likeness (QED) is 0.860. The predicted molar refractivity (Wildman–Crippen MR) is 81.6 cm³/mol. The van der Waals surface area contributed by atoms with Crippen molar-refractivity contribution in [3.8, 4) is 0 Å². The van der Waals surface area contributed by atoms with Crippen molar-refractivity contribution in [2.24, 2.45) is 0 Å². The topological polar surface area (TPSA) is 64.2 Å². The van der Waals surface area contributed by atoms with Gasteiger partial charge in [-0.15, -0.1) is 11.8 Å². The normalized spacial score (nSPS) is 17.0. The van der Waals surface area contributed by atoms with Gasteiger partial charge in [0.05, 0.1) is 11.4 Å². The lowest BCUT2D eigenvalue weighted by molar-refractivity contribution is 0.150. The SMILES string of the molecule is Cc1cccc(Cn2c3c(c(=O)n(O)c2=O)SCC3C)c1. The molecule has 0 radical (unpaired) electrons. The van der Waals surface area contributed by atoms with Crippen LogP contribution in [0.15, 0.2) is 38.8 Å². The van der Waals surface area contributed by atoms with Crippen LogP contribution < -0.4 is 11.2 Å². The van der Waals surface area contributed by atoms with Crippen LogP contribution in [-0.2, 0) is 6.54 Å². The third-order valence-electron chi connectivity index (χ3n) is 3.69. The molecule has 1 aliphatic heterocycles. The first-order valence-electron chi connectivity index (χ1n) is 6.76. The Labute approximate surface area is 125 Å². The summed E-state index contributed by atoms with van der Waals surface area (Å²) in [6.45, 7) is 4.34. The van der Waals surface area contributed by atoms with Gasteiger partial charge in [0.15, 0.2) is 0 Å². The lowest BCUT2D eigenvalue weighted by Crippen LogP contribution is -2.41. The van der Waals surface area contributed by atoms with E-state index in [0.29, 0.717) is 11.4 Å². The van der Waals surface area contributed by atoms with Crippen LogP contribution in [0.3, 0.4) is 0 Å². The maximum Gasteiger partial charge on any atom is 0.365 e. The second kappa shape index (κ2) is 5.11. The molecule has 0 aliphatic carbocycles. The molecule has 0 saturated heterocycles. The number of thioether (sulfide) groups is 1. The number of aromatic nitrogens is 2. The van der Waals surface area contributed by atoms with Gasteiger partial charge >= 0.3 is 11.2 Å². The molecule has 5 nitrogen and oxygen atoms in total. The maximum atomic E-state index is 12.3. The molecule has 2 aromatic rings. The zero-order chi connectivity index (χ0) is 15.1. The number of hydrogen-bond donors (Lipinski definition) is 1. The van der Waals surface area contributed by atoms with Gasteiger partial charge < -0.3 is 5.21 Å². The minimum Gasteiger partial charge on any atom is -0.421 e. The van der Waals surface area contributed by atoms with Crippen molar-refractivity contribution < 1.29 is 5.21 Å². The van der Waals surface area contributed by atoms with E-state index >= 15 is 0 Å². The van der Waals surface area contributed by atoms with Crippen LogP contribution in [0.1, 0.15) is 29.7 Å². The summed E-state index contributed by atoms with van der Waals surface area (Å²) in [6, 6.07) is 7.86. The Balaban J connectivity index is 2.19.